The first-order valence-electron chi connectivity index (χ1n) is 4.65. The Labute approximate surface area is 111 Å². The van der Waals surface area contributed by atoms with Crippen molar-refractivity contribution in [2.24, 2.45) is 0 Å². The first kappa shape index (κ1) is 11.8. The fraction of sp³-hybridized carbons (Fsp3) is 0.0833. The number of benzene rings is 1. The number of hydrogen-bond donors (Lipinski definition) is 0. The maximum Gasteiger partial charge on any atom is 0.167 e. The van der Waals surface area contributed by atoms with Crippen molar-refractivity contribution >= 4 is 44.7 Å². The molecule has 0 fully saturated rings. The molecule has 0 atom stereocenters. The molecule has 0 saturated carbocycles. The third-order valence-electron chi connectivity index (χ3n) is 2.13. The van der Waals surface area contributed by atoms with Gasteiger partial charge in [-0.25, -0.2) is 0 Å². The number of thiophene rings is 1. The van der Waals surface area contributed by atoms with Gasteiger partial charge in [-0.1, -0.05) is 27.5 Å². The van der Waals surface area contributed by atoms with E-state index in [1.165, 1.54) is 0 Å². The first-order valence-corrected chi connectivity index (χ1v) is 6.77. The molecule has 1 aromatic heterocycles. The molecule has 1 heterocycles. The molecule has 0 aliphatic carbocycles. The summed E-state index contributed by atoms with van der Waals surface area (Å²) in [6.45, 7) is 0. The average molecular weight is 316 g/mol. The summed E-state index contributed by atoms with van der Waals surface area (Å²) in [5, 5.41) is 4.52. The fourth-order valence-corrected chi connectivity index (χ4v) is 2.92. The van der Waals surface area contributed by atoms with E-state index in [1.807, 2.05) is 16.8 Å². The third kappa shape index (κ3) is 2.94. The highest BCUT2D eigenvalue weighted by Crippen LogP contribution is 2.21. The second-order valence-corrected chi connectivity index (χ2v) is 5.52. The smallest absolute Gasteiger partial charge is 0.167 e. The molecular formula is C12H8BrClOS. The van der Waals surface area contributed by atoms with E-state index in [1.54, 1.807) is 29.5 Å². The summed E-state index contributed by atoms with van der Waals surface area (Å²) >= 11 is 10.8. The van der Waals surface area contributed by atoms with Crippen LogP contribution in [0.5, 0.6) is 0 Å². The van der Waals surface area contributed by atoms with E-state index < -0.39 is 0 Å². The number of carbonyl (C=O) groups is 1. The quantitative estimate of drug-likeness (QED) is 0.757. The van der Waals surface area contributed by atoms with Crippen LogP contribution in [-0.2, 0) is 6.42 Å². The minimum atomic E-state index is 0.0848. The summed E-state index contributed by atoms with van der Waals surface area (Å²) in [5.41, 5.74) is 1.69. The Morgan fingerprint density at radius 1 is 1.38 bits per heavy atom. The second kappa shape index (κ2) is 5.13. The molecule has 0 unspecified atom stereocenters. The highest BCUT2D eigenvalue weighted by atomic mass is 79.9. The van der Waals surface area contributed by atoms with Gasteiger partial charge in [-0.15, -0.1) is 0 Å². The molecule has 0 amide bonds. The van der Waals surface area contributed by atoms with Crippen LogP contribution in [0.3, 0.4) is 0 Å². The zero-order valence-electron chi connectivity index (χ0n) is 8.24. The van der Waals surface area contributed by atoms with Crippen molar-refractivity contribution in [1.82, 2.24) is 0 Å². The molecule has 2 rings (SSSR count). The molecule has 1 nitrogen and oxygen atoms in total. The van der Waals surface area contributed by atoms with E-state index >= 15 is 0 Å². The van der Waals surface area contributed by atoms with Gasteiger partial charge in [0.2, 0.25) is 0 Å². The number of ketones is 1. The van der Waals surface area contributed by atoms with Gasteiger partial charge >= 0.3 is 0 Å². The molecule has 0 aliphatic heterocycles. The number of Topliss-reactive ketones (excluding diaryl/α,β-unsaturated/α-hetero) is 1. The predicted molar refractivity (Wildman–Crippen MR) is 71.5 cm³/mol. The van der Waals surface area contributed by atoms with Crippen LogP contribution in [0.15, 0.2) is 39.5 Å². The lowest BCUT2D eigenvalue weighted by atomic mass is 10.1. The standard InChI is InChI=1S/C12H8BrClOS/c13-10-4-9(5-11(14)6-10)12(15)3-8-1-2-16-7-8/h1-2,4-7H,3H2. The molecule has 0 bridgehead atoms. The molecule has 82 valence electrons. The van der Waals surface area contributed by atoms with Crippen LogP contribution in [0.25, 0.3) is 0 Å². The van der Waals surface area contributed by atoms with Crippen molar-refractivity contribution in [3.63, 3.8) is 0 Å². The lowest BCUT2D eigenvalue weighted by Gasteiger charge is -2.01. The van der Waals surface area contributed by atoms with Crippen LogP contribution < -0.4 is 0 Å². The SMILES string of the molecule is O=C(Cc1ccsc1)c1cc(Cl)cc(Br)c1. The first-order chi connectivity index (χ1) is 7.65. The topological polar surface area (TPSA) is 17.1 Å². The van der Waals surface area contributed by atoms with Crippen molar-refractivity contribution in [2.45, 2.75) is 6.42 Å². The zero-order valence-corrected chi connectivity index (χ0v) is 11.4. The minimum Gasteiger partial charge on any atom is -0.294 e. The Hall–Kier alpha value is -0.640. The summed E-state index contributed by atoms with van der Waals surface area (Å²) < 4.78 is 0.827. The fourth-order valence-electron chi connectivity index (χ4n) is 1.40. The van der Waals surface area contributed by atoms with Crippen LogP contribution in [0.2, 0.25) is 5.02 Å². The molecule has 1 aromatic carbocycles. The molecule has 4 heteroatoms. The van der Waals surface area contributed by atoms with Gasteiger partial charge in [0.25, 0.3) is 0 Å². The van der Waals surface area contributed by atoms with E-state index in [2.05, 4.69) is 15.9 Å². The number of rotatable bonds is 3. The van der Waals surface area contributed by atoms with Crippen LogP contribution >= 0.6 is 38.9 Å². The van der Waals surface area contributed by atoms with E-state index in [4.69, 9.17) is 11.6 Å². The highest BCUT2D eigenvalue weighted by molar-refractivity contribution is 9.10. The van der Waals surface area contributed by atoms with E-state index in [-0.39, 0.29) is 5.78 Å². The second-order valence-electron chi connectivity index (χ2n) is 3.39. The summed E-state index contributed by atoms with van der Waals surface area (Å²) in [6, 6.07) is 7.21. The van der Waals surface area contributed by atoms with Gasteiger partial charge in [-0.05, 0) is 40.6 Å². The lowest BCUT2D eigenvalue weighted by Crippen LogP contribution is -2.02. The molecule has 16 heavy (non-hydrogen) atoms. The van der Waals surface area contributed by atoms with Crippen LogP contribution in [-0.4, -0.2) is 5.78 Å². The Kier molecular flexibility index (Phi) is 3.79. The lowest BCUT2D eigenvalue weighted by molar-refractivity contribution is 0.0993. The van der Waals surface area contributed by atoms with Gasteiger partial charge in [0, 0.05) is 21.5 Å². The van der Waals surface area contributed by atoms with Gasteiger partial charge in [0.15, 0.2) is 5.78 Å². The maximum absolute atomic E-state index is 11.9. The van der Waals surface area contributed by atoms with Crippen molar-refractivity contribution in [3.05, 3.63) is 55.6 Å². The van der Waals surface area contributed by atoms with Crippen molar-refractivity contribution in [3.8, 4) is 0 Å². The molecular weight excluding hydrogens is 308 g/mol. The largest absolute Gasteiger partial charge is 0.294 e. The number of halogens is 2. The van der Waals surface area contributed by atoms with Gasteiger partial charge in [-0.3, -0.25) is 4.79 Å². The minimum absolute atomic E-state index is 0.0848. The molecule has 0 radical (unpaired) electrons. The molecule has 0 saturated heterocycles. The monoisotopic (exact) mass is 314 g/mol. The van der Waals surface area contributed by atoms with Crippen molar-refractivity contribution < 1.29 is 4.79 Å². The summed E-state index contributed by atoms with van der Waals surface area (Å²) in [7, 11) is 0. The molecule has 2 aromatic rings. The maximum atomic E-state index is 11.9. The van der Waals surface area contributed by atoms with E-state index in [0.29, 0.717) is 17.0 Å². The molecule has 0 N–H and O–H groups in total. The van der Waals surface area contributed by atoms with Crippen molar-refractivity contribution in [1.29, 1.82) is 0 Å². The van der Waals surface area contributed by atoms with E-state index in [0.717, 1.165) is 10.0 Å². The number of hydrogen-bond acceptors (Lipinski definition) is 2. The number of carbonyl (C=O) groups excluding carboxylic acids is 1. The summed E-state index contributed by atoms with van der Waals surface area (Å²) in [4.78, 5) is 11.9. The Morgan fingerprint density at radius 3 is 2.81 bits per heavy atom. The summed E-state index contributed by atoms with van der Waals surface area (Å²) in [6.07, 6.45) is 0.427. The molecule has 0 spiro atoms. The van der Waals surface area contributed by atoms with E-state index in [9.17, 15) is 4.79 Å². The normalized spacial score (nSPS) is 10.4. The Balaban J connectivity index is 2.21. The van der Waals surface area contributed by atoms with Gasteiger partial charge in [0.05, 0.1) is 0 Å². The highest BCUT2D eigenvalue weighted by Gasteiger charge is 2.09. The van der Waals surface area contributed by atoms with Gasteiger partial charge < -0.3 is 0 Å². The van der Waals surface area contributed by atoms with Crippen LogP contribution in [0, 0.1) is 0 Å². The van der Waals surface area contributed by atoms with Gasteiger partial charge in [0.1, 0.15) is 0 Å². The van der Waals surface area contributed by atoms with Crippen LogP contribution in [0.4, 0.5) is 0 Å². The predicted octanol–water partition coefficient (Wildman–Crippen LogP) is 4.59. The average Bonchev–Trinajstić information content (AvgIpc) is 2.68. The van der Waals surface area contributed by atoms with Crippen LogP contribution in [0.1, 0.15) is 15.9 Å². The summed E-state index contributed by atoms with van der Waals surface area (Å²) in [5.74, 6) is 0.0848. The molecule has 0 aliphatic rings. The van der Waals surface area contributed by atoms with Crippen molar-refractivity contribution in [2.75, 3.05) is 0 Å². The zero-order chi connectivity index (χ0) is 11.5. The van der Waals surface area contributed by atoms with Gasteiger partial charge in [-0.2, -0.15) is 11.3 Å². The Bertz CT molecular complexity index is 487. The third-order valence-corrected chi connectivity index (χ3v) is 3.54. The Morgan fingerprint density at radius 2 is 2.19 bits per heavy atom.